The molecule has 0 radical (unpaired) electrons. The highest BCUT2D eigenvalue weighted by Crippen LogP contribution is 2.33. The summed E-state index contributed by atoms with van der Waals surface area (Å²) in [5, 5.41) is 17.6. The summed E-state index contributed by atoms with van der Waals surface area (Å²) in [6.45, 7) is 0.503. The van der Waals surface area contributed by atoms with E-state index in [1.807, 2.05) is 0 Å². The number of hydrogen-bond acceptors (Lipinski definition) is 6. The van der Waals surface area contributed by atoms with Crippen LogP contribution in [0.5, 0.6) is 5.75 Å². The Morgan fingerprint density at radius 3 is 2.50 bits per heavy atom. The standard InChI is InChI=1S/C20H20F3N3O3S/c1-28-17-7-5-14(6-8-17)18-24-25-19(30-12-11-29-10-9-27)26(18)16-4-2-3-15(13-16)20(21,22)23/h2-8,13,27H,9-12H2,1H3. The molecule has 0 aliphatic rings. The zero-order valence-corrected chi connectivity index (χ0v) is 16.9. The summed E-state index contributed by atoms with van der Waals surface area (Å²) >= 11 is 1.31. The Bertz CT molecular complexity index is 962. The largest absolute Gasteiger partial charge is 0.497 e. The number of methoxy groups -OCH3 is 1. The first-order valence-corrected chi connectivity index (χ1v) is 10.0. The molecule has 6 nitrogen and oxygen atoms in total. The van der Waals surface area contributed by atoms with Crippen LogP contribution >= 0.6 is 11.8 Å². The second-order valence-corrected chi connectivity index (χ2v) is 7.16. The van der Waals surface area contributed by atoms with Crippen LogP contribution < -0.4 is 4.74 Å². The highest BCUT2D eigenvalue weighted by atomic mass is 32.2. The number of aliphatic hydroxyl groups is 1. The number of ether oxygens (including phenoxy) is 2. The molecule has 160 valence electrons. The van der Waals surface area contributed by atoms with E-state index in [0.29, 0.717) is 40.3 Å². The molecule has 0 saturated carbocycles. The van der Waals surface area contributed by atoms with Gasteiger partial charge in [0.15, 0.2) is 11.0 Å². The van der Waals surface area contributed by atoms with Crippen LogP contribution in [0.3, 0.4) is 0 Å². The van der Waals surface area contributed by atoms with Gasteiger partial charge in [0.2, 0.25) is 0 Å². The average Bonchev–Trinajstić information content (AvgIpc) is 3.17. The molecule has 0 aliphatic heterocycles. The van der Waals surface area contributed by atoms with Gasteiger partial charge in [-0.25, -0.2) is 0 Å². The number of hydrogen-bond donors (Lipinski definition) is 1. The number of rotatable bonds is 9. The maximum atomic E-state index is 13.2. The lowest BCUT2D eigenvalue weighted by molar-refractivity contribution is -0.137. The first-order valence-electron chi connectivity index (χ1n) is 9.03. The van der Waals surface area contributed by atoms with Gasteiger partial charge in [-0.05, 0) is 42.5 Å². The monoisotopic (exact) mass is 439 g/mol. The second kappa shape index (κ2) is 9.96. The minimum Gasteiger partial charge on any atom is -0.497 e. The quantitative estimate of drug-likeness (QED) is 0.401. The summed E-state index contributed by atoms with van der Waals surface area (Å²) in [7, 11) is 1.55. The van der Waals surface area contributed by atoms with Gasteiger partial charge in [-0.15, -0.1) is 10.2 Å². The third-order valence-electron chi connectivity index (χ3n) is 4.11. The van der Waals surface area contributed by atoms with E-state index in [4.69, 9.17) is 14.6 Å². The van der Waals surface area contributed by atoms with Crippen molar-refractivity contribution in [3.05, 3.63) is 54.1 Å². The van der Waals surface area contributed by atoms with E-state index in [2.05, 4.69) is 10.2 Å². The highest BCUT2D eigenvalue weighted by molar-refractivity contribution is 7.99. The third kappa shape index (κ3) is 5.32. The van der Waals surface area contributed by atoms with Gasteiger partial charge in [0.05, 0.1) is 38.2 Å². The van der Waals surface area contributed by atoms with Crippen LogP contribution in [0.4, 0.5) is 13.2 Å². The van der Waals surface area contributed by atoms with Crippen molar-refractivity contribution in [3.8, 4) is 22.8 Å². The fourth-order valence-electron chi connectivity index (χ4n) is 2.70. The highest BCUT2D eigenvalue weighted by Gasteiger charge is 2.31. The molecular formula is C20H20F3N3O3S. The Hall–Kier alpha value is -2.56. The van der Waals surface area contributed by atoms with Gasteiger partial charge in [0, 0.05) is 11.3 Å². The summed E-state index contributed by atoms with van der Waals surface area (Å²) in [6.07, 6.45) is -4.46. The van der Waals surface area contributed by atoms with E-state index in [1.54, 1.807) is 42.0 Å². The predicted molar refractivity (Wildman–Crippen MR) is 107 cm³/mol. The Balaban J connectivity index is 1.99. The Labute approximate surface area is 175 Å². The second-order valence-electron chi connectivity index (χ2n) is 6.10. The molecule has 0 amide bonds. The maximum Gasteiger partial charge on any atom is 0.416 e. The molecule has 0 unspecified atom stereocenters. The van der Waals surface area contributed by atoms with Crippen molar-refractivity contribution in [3.63, 3.8) is 0 Å². The van der Waals surface area contributed by atoms with Crippen LogP contribution in [0.15, 0.2) is 53.7 Å². The molecule has 10 heteroatoms. The molecule has 0 aliphatic carbocycles. The fourth-order valence-corrected chi connectivity index (χ4v) is 3.51. The predicted octanol–water partition coefficient (Wildman–Crippen LogP) is 4.06. The van der Waals surface area contributed by atoms with Gasteiger partial charge in [0.25, 0.3) is 0 Å². The number of alkyl halides is 3. The lowest BCUT2D eigenvalue weighted by Crippen LogP contribution is -2.07. The number of benzene rings is 2. The van der Waals surface area contributed by atoms with Gasteiger partial charge in [-0.2, -0.15) is 13.2 Å². The lowest BCUT2D eigenvalue weighted by atomic mass is 10.1. The van der Waals surface area contributed by atoms with E-state index >= 15 is 0 Å². The topological polar surface area (TPSA) is 69.4 Å². The Morgan fingerprint density at radius 1 is 1.07 bits per heavy atom. The first kappa shape index (κ1) is 22.1. The van der Waals surface area contributed by atoms with Crippen LogP contribution in [0.25, 0.3) is 17.1 Å². The molecule has 0 spiro atoms. The van der Waals surface area contributed by atoms with E-state index in [-0.39, 0.29) is 13.2 Å². The molecule has 3 rings (SSSR count). The van der Waals surface area contributed by atoms with E-state index < -0.39 is 11.7 Å². The summed E-state index contributed by atoms with van der Waals surface area (Å²) in [5.41, 5.74) is 0.236. The molecular weight excluding hydrogens is 419 g/mol. The molecule has 2 aromatic carbocycles. The zero-order chi connectivity index (χ0) is 21.6. The third-order valence-corrected chi connectivity index (χ3v) is 5.00. The van der Waals surface area contributed by atoms with Crippen LogP contribution in [-0.2, 0) is 10.9 Å². The van der Waals surface area contributed by atoms with Crippen LogP contribution in [0.2, 0.25) is 0 Å². The van der Waals surface area contributed by atoms with Gasteiger partial charge in [-0.3, -0.25) is 4.57 Å². The van der Waals surface area contributed by atoms with Crippen molar-refractivity contribution in [2.24, 2.45) is 0 Å². The smallest absolute Gasteiger partial charge is 0.416 e. The van der Waals surface area contributed by atoms with Gasteiger partial charge >= 0.3 is 6.18 Å². The number of nitrogens with zero attached hydrogens (tertiary/aromatic N) is 3. The van der Waals surface area contributed by atoms with Crippen molar-refractivity contribution in [1.29, 1.82) is 0 Å². The molecule has 0 fully saturated rings. The minimum atomic E-state index is -4.46. The molecule has 0 saturated heterocycles. The molecule has 1 heterocycles. The fraction of sp³-hybridized carbons (Fsp3) is 0.300. The van der Waals surface area contributed by atoms with Crippen molar-refractivity contribution < 1.29 is 27.8 Å². The summed E-state index contributed by atoms with van der Waals surface area (Å²) in [5.74, 6) is 1.56. The van der Waals surface area contributed by atoms with E-state index in [0.717, 1.165) is 12.1 Å². The van der Waals surface area contributed by atoms with Crippen molar-refractivity contribution >= 4 is 11.8 Å². The van der Waals surface area contributed by atoms with Gasteiger partial charge < -0.3 is 14.6 Å². The Kier molecular flexibility index (Phi) is 7.35. The number of aromatic nitrogens is 3. The lowest BCUT2D eigenvalue weighted by Gasteiger charge is -2.13. The summed E-state index contributed by atoms with van der Waals surface area (Å²) in [4.78, 5) is 0. The normalized spacial score (nSPS) is 11.6. The molecule has 0 bridgehead atoms. The average molecular weight is 439 g/mol. The Morgan fingerprint density at radius 2 is 1.83 bits per heavy atom. The van der Waals surface area contributed by atoms with Crippen molar-refractivity contribution in [2.45, 2.75) is 11.3 Å². The molecule has 30 heavy (non-hydrogen) atoms. The van der Waals surface area contributed by atoms with Crippen LogP contribution in [-0.4, -0.2) is 52.6 Å². The maximum absolute atomic E-state index is 13.2. The minimum absolute atomic E-state index is 0.0767. The van der Waals surface area contributed by atoms with Crippen molar-refractivity contribution in [2.75, 3.05) is 32.7 Å². The van der Waals surface area contributed by atoms with Crippen LogP contribution in [0, 0.1) is 0 Å². The van der Waals surface area contributed by atoms with Crippen LogP contribution in [0.1, 0.15) is 5.56 Å². The summed E-state index contributed by atoms with van der Waals surface area (Å²) < 4.78 is 51.7. The first-order chi connectivity index (χ1) is 14.4. The zero-order valence-electron chi connectivity index (χ0n) is 16.1. The van der Waals surface area contributed by atoms with E-state index in [1.165, 1.54) is 17.8 Å². The van der Waals surface area contributed by atoms with Gasteiger partial charge in [-0.1, -0.05) is 17.8 Å². The molecule has 1 aromatic heterocycles. The summed E-state index contributed by atoms with van der Waals surface area (Å²) in [6, 6.07) is 12.1. The molecule has 3 aromatic rings. The number of halogens is 3. The molecule has 1 N–H and O–H groups in total. The van der Waals surface area contributed by atoms with Crippen molar-refractivity contribution in [1.82, 2.24) is 14.8 Å². The van der Waals surface area contributed by atoms with Gasteiger partial charge in [0.1, 0.15) is 5.75 Å². The number of aliphatic hydroxyl groups excluding tert-OH is 1. The van der Waals surface area contributed by atoms with E-state index in [9.17, 15) is 13.2 Å². The SMILES string of the molecule is COc1ccc(-c2nnc(SCCOCCO)n2-c2cccc(C(F)(F)F)c2)cc1. The molecule has 0 atom stereocenters. The number of thioether (sulfide) groups is 1.